The molecule has 1 saturated heterocycles. The number of urea groups is 1. The Morgan fingerprint density at radius 3 is 2.53 bits per heavy atom. The average molecular weight is 262 g/mol. The van der Waals surface area contributed by atoms with E-state index in [0.29, 0.717) is 6.54 Å². The zero-order chi connectivity index (χ0) is 13.7. The van der Waals surface area contributed by atoms with E-state index in [0.717, 1.165) is 31.7 Å². The van der Waals surface area contributed by atoms with Crippen molar-refractivity contribution in [2.75, 3.05) is 19.6 Å². The van der Waals surface area contributed by atoms with E-state index in [1.165, 1.54) is 5.56 Å². The molecule has 1 aromatic carbocycles. The molecule has 0 radical (unpaired) electrons. The van der Waals surface area contributed by atoms with Crippen molar-refractivity contribution in [2.45, 2.75) is 32.8 Å². The van der Waals surface area contributed by atoms with Crippen molar-refractivity contribution in [3.8, 4) is 5.75 Å². The van der Waals surface area contributed by atoms with Gasteiger partial charge in [0.25, 0.3) is 0 Å². The first-order valence-corrected chi connectivity index (χ1v) is 6.95. The molecule has 0 bridgehead atoms. The van der Waals surface area contributed by atoms with Crippen LogP contribution in [0.2, 0.25) is 0 Å². The van der Waals surface area contributed by atoms with Gasteiger partial charge >= 0.3 is 6.03 Å². The highest BCUT2D eigenvalue weighted by Crippen LogP contribution is 2.19. The number of carbonyl (C=O) groups excluding carboxylic acids is 1. The molecule has 104 valence electrons. The average Bonchev–Trinajstić information content (AvgIpc) is 2.42. The van der Waals surface area contributed by atoms with Gasteiger partial charge in [0.2, 0.25) is 0 Å². The molecule has 1 aliphatic heterocycles. The van der Waals surface area contributed by atoms with Gasteiger partial charge in [-0.2, -0.15) is 0 Å². The van der Waals surface area contributed by atoms with Gasteiger partial charge in [0, 0.05) is 32.5 Å². The summed E-state index contributed by atoms with van der Waals surface area (Å²) >= 11 is 0. The van der Waals surface area contributed by atoms with E-state index in [1.54, 1.807) is 0 Å². The number of carbonyl (C=O) groups is 1. The Kier molecular flexibility index (Phi) is 4.66. The van der Waals surface area contributed by atoms with E-state index < -0.39 is 0 Å². The smallest absolute Gasteiger partial charge is 0.317 e. The number of likely N-dealkylation sites (tertiary alicyclic amines) is 1. The summed E-state index contributed by atoms with van der Waals surface area (Å²) in [4.78, 5) is 13.5. The number of amides is 2. The highest BCUT2D eigenvalue weighted by Gasteiger charge is 2.23. The molecule has 1 heterocycles. The number of piperidine rings is 1. The molecule has 4 nitrogen and oxygen atoms in total. The summed E-state index contributed by atoms with van der Waals surface area (Å²) in [6, 6.07) is 8.16. The van der Waals surface area contributed by atoms with Gasteiger partial charge in [0.15, 0.2) is 0 Å². The first-order chi connectivity index (χ1) is 9.19. The highest BCUT2D eigenvalue weighted by atomic mass is 16.5. The number of rotatable bonds is 3. The molecule has 0 atom stereocenters. The van der Waals surface area contributed by atoms with E-state index in [9.17, 15) is 4.79 Å². The Labute approximate surface area is 114 Å². The molecule has 0 aliphatic carbocycles. The van der Waals surface area contributed by atoms with Crippen LogP contribution in [0, 0.1) is 6.92 Å². The summed E-state index contributed by atoms with van der Waals surface area (Å²) < 4.78 is 5.94. The molecule has 1 fully saturated rings. The highest BCUT2D eigenvalue weighted by molar-refractivity contribution is 5.74. The largest absolute Gasteiger partial charge is 0.490 e. The fourth-order valence-corrected chi connectivity index (χ4v) is 2.25. The number of hydrogen-bond donors (Lipinski definition) is 1. The van der Waals surface area contributed by atoms with Crippen LogP contribution in [0.25, 0.3) is 0 Å². The predicted molar refractivity (Wildman–Crippen MR) is 75.5 cm³/mol. The van der Waals surface area contributed by atoms with Crippen LogP contribution in [-0.4, -0.2) is 36.7 Å². The molecule has 2 rings (SSSR count). The second-order valence-electron chi connectivity index (χ2n) is 4.95. The number of nitrogens with one attached hydrogen (secondary N) is 1. The monoisotopic (exact) mass is 262 g/mol. The summed E-state index contributed by atoms with van der Waals surface area (Å²) in [5.41, 5.74) is 1.23. The summed E-state index contributed by atoms with van der Waals surface area (Å²) in [7, 11) is 0. The second-order valence-corrected chi connectivity index (χ2v) is 4.95. The number of ether oxygens (including phenoxy) is 1. The number of benzene rings is 1. The lowest BCUT2D eigenvalue weighted by Gasteiger charge is -2.32. The van der Waals surface area contributed by atoms with Gasteiger partial charge < -0.3 is 15.0 Å². The molecule has 1 aromatic rings. The number of nitrogens with zero attached hydrogens (tertiary/aromatic N) is 1. The first kappa shape index (κ1) is 13.7. The zero-order valence-corrected chi connectivity index (χ0v) is 11.7. The van der Waals surface area contributed by atoms with Crippen LogP contribution in [0.3, 0.4) is 0 Å². The lowest BCUT2D eigenvalue weighted by molar-refractivity contribution is 0.111. The molecule has 2 amide bonds. The SMILES string of the molecule is CCNC(=O)N1CCC(Oc2ccc(C)cc2)CC1. The van der Waals surface area contributed by atoms with E-state index in [1.807, 2.05) is 24.0 Å². The van der Waals surface area contributed by atoms with E-state index >= 15 is 0 Å². The third kappa shape index (κ3) is 3.88. The van der Waals surface area contributed by atoms with Crippen molar-refractivity contribution >= 4 is 6.03 Å². The fraction of sp³-hybridized carbons (Fsp3) is 0.533. The van der Waals surface area contributed by atoms with Crippen LogP contribution >= 0.6 is 0 Å². The topological polar surface area (TPSA) is 41.6 Å². The molecule has 1 N–H and O–H groups in total. The van der Waals surface area contributed by atoms with Crippen molar-refractivity contribution in [3.05, 3.63) is 29.8 Å². The van der Waals surface area contributed by atoms with Gasteiger partial charge in [0.1, 0.15) is 11.9 Å². The summed E-state index contributed by atoms with van der Waals surface area (Å²) in [6.07, 6.45) is 2.00. The molecular weight excluding hydrogens is 240 g/mol. The molecule has 0 unspecified atom stereocenters. The summed E-state index contributed by atoms with van der Waals surface area (Å²) in [6.45, 7) is 6.21. The quantitative estimate of drug-likeness (QED) is 0.909. The maximum Gasteiger partial charge on any atom is 0.317 e. The molecule has 4 heteroatoms. The molecule has 0 spiro atoms. The van der Waals surface area contributed by atoms with Crippen LogP contribution < -0.4 is 10.1 Å². The third-order valence-corrected chi connectivity index (χ3v) is 3.38. The van der Waals surface area contributed by atoms with Gasteiger partial charge in [0.05, 0.1) is 0 Å². The first-order valence-electron chi connectivity index (χ1n) is 6.95. The predicted octanol–water partition coefficient (Wildman–Crippen LogP) is 2.57. The van der Waals surface area contributed by atoms with Gasteiger partial charge in [-0.3, -0.25) is 0 Å². The Morgan fingerprint density at radius 1 is 1.32 bits per heavy atom. The normalized spacial score (nSPS) is 16.2. The number of hydrogen-bond acceptors (Lipinski definition) is 2. The summed E-state index contributed by atoms with van der Waals surface area (Å²) in [5, 5.41) is 2.83. The van der Waals surface area contributed by atoms with Crippen LogP contribution in [0.1, 0.15) is 25.3 Å². The van der Waals surface area contributed by atoms with Gasteiger partial charge in [-0.05, 0) is 26.0 Å². The van der Waals surface area contributed by atoms with E-state index in [-0.39, 0.29) is 12.1 Å². The van der Waals surface area contributed by atoms with Crippen molar-refractivity contribution in [3.63, 3.8) is 0 Å². The molecule has 0 saturated carbocycles. The summed E-state index contributed by atoms with van der Waals surface area (Å²) in [5.74, 6) is 0.919. The van der Waals surface area contributed by atoms with Crippen LogP contribution in [-0.2, 0) is 0 Å². The van der Waals surface area contributed by atoms with Gasteiger partial charge in [-0.15, -0.1) is 0 Å². The van der Waals surface area contributed by atoms with E-state index in [2.05, 4.69) is 24.4 Å². The molecular formula is C15H22N2O2. The molecule has 0 aromatic heterocycles. The van der Waals surface area contributed by atoms with Crippen LogP contribution in [0.5, 0.6) is 5.75 Å². The van der Waals surface area contributed by atoms with Crippen molar-refractivity contribution in [1.82, 2.24) is 10.2 Å². The van der Waals surface area contributed by atoms with Crippen LogP contribution in [0.15, 0.2) is 24.3 Å². The Balaban J connectivity index is 1.80. The Hall–Kier alpha value is -1.71. The van der Waals surface area contributed by atoms with Crippen LogP contribution in [0.4, 0.5) is 4.79 Å². The maximum atomic E-state index is 11.7. The van der Waals surface area contributed by atoms with Crippen molar-refractivity contribution in [1.29, 1.82) is 0 Å². The minimum atomic E-state index is 0.0382. The third-order valence-electron chi connectivity index (χ3n) is 3.38. The van der Waals surface area contributed by atoms with Gasteiger partial charge in [-0.1, -0.05) is 17.7 Å². The second kappa shape index (κ2) is 6.45. The minimum Gasteiger partial charge on any atom is -0.490 e. The van der Waals surface area contributed by atoms with E-state index in [4.69, 9.17) is 4.74 Å². The Morgan fingerprint density at radius 2 is 1.95 bits per heavy atom. The zero-order valence-electron chi connectivity index (χ0n) is 11.7. The lowest BCUT2D eigenvalue weighted by atomic mass is 10.1. The Bertz CT molecular complexity index is 409. The lowest BCUT2D eigenvalue weighted by Crippen LogP contribution is -2.46. The van der Waals surface area contributed by atoms with Crippen molar-refractivity contribution in [2.24, 2.45) is 0 Å². The maximum absolute atomic E-state index is 11.7. The van der Waals surface area contributed by atoms with Gasteiger partial charge in [-0.25, -0.2) is 4.79 Å². The molecule has 19 heavy (non-hydrogen) atoms. The number of aryl methyl sites for hydroxylation is 1. The fourth-order valence-electron chi connectivity index (χ4n) is 2.25. The minimum absolute atomic E-state index is 0.0382. The standard InChI is InChI=1S/C15H22N2O2/c1-3-16-15(18)17-10-8-14(9-11-17)19-13-6-4-12(2)5-7-13/h4-7,14H,3,8-11H2,1-2H3,(H,16,18). The molecule has 1 aliphatic rings. The van der Waals surface area contributed by atoms with Crippen molar-refractivity contribution < 1.29 is 9.53 Å².